The van der Waals surface area contributed by atoms with Gasteiger partial charge in [0, 0.05) is 12.5 Å². The molecule has 102 valence electrons. The molecule has 1 saturated heterocycles. The van der Waals surface area contributed by atoms with E-state index in [1.54, 1.807) is 0 Å². The molecule has 0 saturated carbocycles. The number of amides is 1. The van der Waals surface area contributed by atoms with E-state index in [0.29, 0.717) is 6.42 Å². The topological polar surface area (TPSA) is 84.3 Å². The lowest BCUT2D eigenvalue weighted by molar-refractivity contribution is -0.385. The highest BCUT2D eigenvalue weighted by Gasteiger charge is 2.19. The number of nitrogens with one attached hydrogen (secondary N) is 2. The number of hydrogen-bond donors (Lipinski definition) is 2. The van der Waals surface area contributed by atoms with Crippen molar-refractivity contribution >= 4 is 17.3 Å². The van der Waals surface area contributed by atoms with Crippen molar-refractivity contribution in [3.05, 3.63) is 34.1 Å². The zero-order chi connectivity index (χ0) is 13.8. The summed E-state index contributed by atoms with van der Waals surface area (Å²) in [4.78, 5) is 21.5. The molecule has 1 aliphatic heterocycles. The number of nitro groups is 1. The van der Waals surface area contributed by atoms with Crippen molar-refractivity contribution in [3.63, 3.8) is 0 Å². The van der Waals surface area contributed by atoms with Crippen LogP contribution in [-0.4, -0.2) is 23.9 Å². The number of halogens is 1. The minimum Gasteiger partial charge on any atom is -0.324 e. The molecule has 1 heterocycles. The molecule has 0 aliphatic carbocycles. The third kappa shape index (κ3) is 3.47. The Morgan fingerprint density at radius 2 is 2.37 bits per heavy atom. The minimum atomic E-state index is -0.799. The Morgan fingerprint density at radius 3 is 2.95 bits per heavy atom. The molecule has 0 spiro atoms. The molecule has 2 N–H and O–H groups in total. The van der Waals surface area contributed by atoms with Gasteiger partial charge in [-0.15, -0.1) is 0 Å². The van der Waals surface area contributed by atoms with Gasteiger partial charge in [0.15, 0.2) is 5.82 Å². The van der Waals surface area contributed by atoms with Crippen LogP contribution in [-0.2, 0) is 4.79 Å². The summed E-state index contributed by atoms with van der Waals surface area (Å²) >= 11 is 0. The molecule has 6 nitrogen and oxygen atoms in total. The summed E-state index contributed by atoms with van der Waals surface area (Å²) in [5.74, 6) is -0.811. The van der Waals surface area contributed by atoms with E-state index < -0.39 is 10.7 Å². The molecule has 19 heavy (non-hydrogen) atoms. The van der Waals surface area contributed by atoms with E-state index >= 15 is 0 Å². The smallest absolute Gasteiger partial charge is 0.272 e. The lowest BCUT2D eigenvalue weighted by atomic mass is 10.0. The number of nitro benzene ring substituents is 1. The van der Waals surface area contributed by atoms with E-state index in [2.05, 4.69) is 10.6 Å². The SMILES string of the molecule is O=C(CC1CCNC1)Nc1ccc([N+](=O)[O-])cc1F. The van der Waals surface area contributed by atoms with Crippen LogP contribution in [0, 0.1) is 21.8 Å². The maximum atomic E-state index is 13.6. The quantitative estimate of drug-likeness (QED) is 0.642. The number of nitrogens with zero attached hydrogens (tertiary/aromatic N) is 1. The second-order valence-electron chi connectivity index (χ2n) is 4.53. The fraction of sp³-hybridized carbons (Fsp3) is 0.417. The lowest BCUT2D eigenvalue weighted by Gasteiger charge is -2.09. The summed E-state index contributed by atoms with van der Waals surface area (Å²) in [6.45, 7) is 1.68. The molecular formula is C12H14FN3O3. The van der Waals surface area contributed by atoms with E-state index in [1.807, 2.05) is 0 Å². The standard InChI is InChI=1S/C12H14FN3O3/c13-10-6-9(16(18)19)1-2-11(10)15-12(17)5-8-3-4-14-7-8/h1-2,6,8,14H,3-5,7H2,(H,15,17). The molecule has 1 aliphatic rings. The van der Waals surface area contributed by atoms with Gasteiger partial charge < -0.3 is 10.6 Å². The Morgan fingerprint density at radius 1 is 1.58 bits per heavy atom. The van der Waals surface area contributed by atoms with E-state index in [4.69, 9.17) is 0 Å². The second-order valence-corrected chi connectivity index (χ2v) is 4.53. The lowest BCUT2D eigenvalue weighted by Crippen LogP contribution is -2.18. The van der Waals surface area contributed by atoms with Gasteiger partial charge in [-0.2, -0.15) is 0 Å². The van der Waals surface area contributed by atoms with Crippen LogP contribution >= 0.6 is 0 Å². The van der Waals surface area contributed by atoms with Gasteiger partial charge >= 0.3 is 0 Å². The van der Waals surface area contributed by atoms with E-state index in [1.165, 1.54) is 6.07 Å². The molecule has 1 fully saturated rings. The Balaban J connectivity index is 1.98. The molecule has 1 aromatic rings. The Labute approximate surface area is 109 Å². The summed E-state index contributed by atoms with van der Waals surface area (Å²) < 4.78 is 13.6. The number of rotatable bonds is 4. The van der Waals surface area contributed by atoms with Gasteiger partial charge in [0.05, 0.1) is 16.7 Å². The number of carbonyl (C=O) groups excluding carboxylic acids is 1. The summed E-state index contributed by atoms with van der Waals surface area (Å²) in [7, 11) is 0. The first-order valence-electron chi connectivity index (χ1n) is 6.01. The average Bonchev–Trinajstić information content (AvgIpc) is 2.84. The van der Waals surface area contributed by atoms with Crippen LogP contribution in [0.2, 0.25) is 0 Å². The van der Waals surface area contributed by atoms with Crippen LogP contribution in [0.25, 0.3) is 0 Å². The van der Waals surface area contributed by atoms with Crippen molar-refractivity contribution in [2.45, 2.75) is 12.8 Å². The van der Waals surface area contributed by atoms with Gasteiger partial charge in [-0.1, -0.05) is 0 Å². The van der Waals surface area contributed by atoms with Gasteiger partial charge in [-0.25, -0.2) is 4.39 Å². The number of carbonyl (C=O) groups is 1. The van der Waals surface area contributed by atoms with Gasteiger partial charge in [-0.3, -0.25) is 14.9 Å². The summed E-state index contributed by atoms with van der Waals surface area (Å²) in [5, 5.41) is 16.0. The Bertz CT molecular complexity index is 501. The first-order chi connectivity index (χ1) is 9.06. The highest BCUT2D eigenvalue weighted by molar-refractivity contribution is 5.91. The molecular weight excluding hydrogens is 253 g/mol. The van der Waals surface area contributed by atoms with Crippen LogP contribution in [0.15, 0.2) is 18.2 Å². The van der Waals surface area contributed by atoms with E-state index in [9.17, 15) is 19.3 Å². The molecule has 1 amide bonds. The molecule has 0 aromatic heterocycles. The van der Waals surface area contributed by atoms with Crippen LogP contribution in [0.3, 0.4) is 0 Å². The zero-order valence-corrected chi connectivity index (χ0v) is 10.2. The van der Waals surface area contributed by atoms with Gasteiger partial charge in [0.2, 0.25) is 5.91 Å². The van der Waals surface area contributed by atoms with E-state index in [-0.39, 0.29) is 23.2 Å². The normalized spacial score (nSPS) is 18.3. The molecule has 1 atom stereocenters. The van der Waals surface area contributed by atoms with Crippen LogP contribution in [0.4, 0.5) is 15.8 Å². The summed E-state index contributed by atoms with van der Waals surface area (Å²) in [6, 6.07) is 3.17. The highest BCUT2D eigenvalue weighted by atomic mass is 19.1. The Kier molecular flexibility index (Phi) is 4.06. The third-order valence-electron chi connectivity index (χ3n) is 3.07. The van der Waals surface area contributed by atoms with Crippen molar-refractivity contribution in [1.29, 1.82) is 0 Å². The molecule has 1 unspecified atom stereocenters. The zero-order valence-electron chi connectivity index (χ0n) is 10.2. The van der Waals surface area contributed by atoms with Gasteiger partial charge in [0.1, 0.15) is 0 Å². The van der Waals surface area contributed by atoms with Crippen molar-refractivity contribution in [1.82, 2.24) is 5.32 Å². The predicted molar refractivity (Wildman–Crippen MR) is 67.3 cm³/mol. The number of hydrogen-bond acceptors (Lipinski definition) is 4. The first-order valence-corrected chi connectivity index (χ1v) is 6.01. The van der Waals surface area contributed by atoms with Crippen molar-refractivity contribution < 1.29 is 14.1 Å². The fourth-order valence-corrected chi connectivity index (χ4v) is 2.07. The average molecular weight is 267 g/mol. The molecule has 7 heteroatoms. The highest BCUT2D eigenvalue weighted by Crippen LogP contribution is 2.21. The summed E-state index contributed by atoms with van der Waals surface area (Å²) in [5.41, 5.74) is -0.364. The first kappa shape index (κ1) is 13.4. The van der Waals surface area contributed by atoms with Crippen molar-refractivity contribution in [2.75, 3.05) is 18.4 Å². The molecule has 0 radical (unpaired) electrons. The van der Waals surface area contributed by atoms with Crippen LogP contribution in [0.5, 0.6) is 0 Å². The summed E-state index contributed by atoms with van der Waals surface area (Å²) in [6.07, 6.45) is 1.25. The third-order valence-corrected chi connectivity index (χ3v) is 3.07. The van der Waals surface area contributed by atoms with Gasteiger partial charge in [0.25, 0.3) is 5.69 Å². The van der Waals surface area contributed by atoms with Gasteiger partial charge in [-0.05, 0) is 31.5 Å². The molecule has 1 aromatic carbocycles. The number of non-ortho nitro benzene ring substituents is 1. The van der Waals surface area contributed by atoms with Crippen molar-refractivity contribution in [3.8, 4) is 0 Å². The molecule has 0 bridgehead atoms. The fourth-order valence-electron chi connectivity index (χ4n) is 2.07. The molecule has 2 rings (SSSR count). The van der Waals surface area contributed by atoms with Crippen molar-refractivity contribution in [2.24, 2.45) is 5.92 Å². The largest absolute Gasteiger partial charge is 0.324 e. The maximum Gasteiger partial charge on any atom is 0.272 e. The van der Waals surface area contributed by atoms with Crippen LogP contribution in [0.1, 0.15) is 12.8 Å². The number of benzene rings is 1. The minimum absolute atomic E-state index is 0.0263. The Hall–Kier alpha value is -2.02. The number of anilines is 1. The monoisotopic (exact) mass is 267 g/mol. The van der Waals surface area contributed by atoms with Crippen LogP contribution < -0.4 is 10.6 Å². The van der Waals surface area contributed by atoms with E-state index in [0.717, 1.165) is 31.6 Å². The maximum absolute atomic E-state index is 13.6. The predicted octanol–water partition coefficient (Wildman–Crippen LogP) is 1.67. The second kappa shape index (κ2) is 5.75.